The molecule has 1 aromatic carbocycles. The van der Waals surface area contributed by atoms with Gasteiger partial charge in [-0.25, -0.2) is 0 Å². The molecule has 1 saturated carbocycles. The second kappa shape index (κ2) is 6.19. The lowest BCUT2D eigenvalue weighted by Crippen LogP contribution is -2.28. The van der Waals surface area contributed by atoms with Crippen molar-refractivity contribution in [2.24, 2.45) is 0 Å². The van der Waals surface area contributed by atoms with E-state index in [2.05, 4.69) is 15.2 Å². The number of carbonyl (C=O) groups excluding carboxylic acids is 1. The highest BCUT2D eigenvalue weighted by Gasteiger charge is 2.54. The highest BCUT2D eigenvalue weighted by Crippen LogP contribution is 2.49. The van der Waals surface area contributed by atoms with Gasteiger partial charge < -0.3 is 19.0 Å². The molecule has 3 aromatic rings. The first-order chi connectivity index (χ1) is 12.9. The van der Waals surface area contributed by atoms with Gasteiger partial charge in [-0.05, 0) is 37.1 Å². The molecule has 27 heavy (non-hydrogen) atoms. The first-order valence-electron chi connectivity index (χ1n) is 8.05. The second-order valence-electron chi connectivity index (χ2n) is 6.13. The third-order valence-electron chi connectivity index (χ3n) is 4.31. The molecule has 2 aromatic heterocycles. The Morgan fingerprint density at radius 1 is 1.15 bits per heavy atom. The van der Waals surface area contributed by atoms with Crippen LogP contribution < -0.4 is 10.1 Å². The van der Waals surface area contributed by atoms with E-state index in [1.54, 1.807) is 18.2 Å². The summed E-state index contributed by atoms with van der Waals surface area (Å²) in [6, 6.07) is 10.3. The topological polar surface area (TPSA) is 77.5 Å². The van der Waals surface area contributed by atoms with Crippen molar-refractivity contribution in [1.82, 2.24) is 5.16 Å². The van der Waals surface area contributed by atoms with E-state index in [9.17, 15) is 18.0 Å². The lowest BCUT2D eigenvalue weighted by atomic mass is 10.0. The highest BCUT2D eigenvalue weighted by atomic mass is 19.4. The van der Waals surface area contributed by atoms with Gasteiger partial charge in [-0.2, -0.15) is 0 Å². The third kappa shape index (κ3) is 3.40. The minimum atomic E-state index is -4.86. The largest absolute Gasteiger partial charge is 0.573 e. The number of hydrogen-bond donors (Lipinski definition) is 1. The molecule has 9 heteroatoms. The summed E-state index contributed by atoms with van der Waals surface area (Å²) in [7, 11) is 0. The second-order valence-corrected chi connectivity index (χ2v) is 6.13. The van der Waals surface area contributed by atoms with Crippen molar-refractivity contribution in [1.29, 1.82) is 0 Å². The van der Waals surface area contributed by atoms with Crippen LogP contribution in [-0.2, 0) is 10.2 Å². The summed E-state index contributed by atoms with van der Waals surface area (Å²) in [5.41, 5.74) is -0.610. The van der Waals surface area contributed by atoms with Crippen LogP contribution in [0.2, 0.25) is 0 Å². The number of nitrogens with one attached hydrogen (secondary N) is 1. The Morgan fingerprint density at radius 3 is 2.59 bits per heavy atom. The van der Waals surface area contributed by atoms with Crippen molar-refractivity contribution in [3.63, 3.8) is 0 Å². The van der Waals surface area contributed by atoms with E-state index in [1.165, 1.54) is 24.5 Å². The molecule has 2 heterocycles. The maximum atomic E-state index is 12.8. The Hall–Kier alpha value is -3.23. The zero-order chi connectivity index (χ0) is 19.1. The van der Waals surface area contributed by atoms with Gasteiger partial charge >= 0.3 is 6.36 Å². The van der Waals surface area contributed by atoms with Gasteiger partial charge in [-0.3, -0.25) is 4.79 Å². The number of hydrogen-bond acceptors (Lipinski definition) is 5. The monoisotopic (exact) mass is 378 g/mol. The number of ether oxygens (including phenoxy) is 1. The van der Waals surface area contributed by atoms with Gasteiger partial charge in [-0.15, -0.1) is 13.2 Å². The molecule has 4 rings (SSSR count). The van der Waals surface area contributed by atoms with Gasteiger partial charge in [0.2, 0.25) is 11.7 Å². The van der Waals surface area contributed by atoms with Gasteiger partial charge in [0.25, 0.3) is 0 Å². The van der Waals surface area contributed by atoms with Crippen molar-refractivity contribution < 1.29 is 31.6 Å². The van der Waals surface area contributed by atoms with E-state index in [-0.39, 0.29) is 5.69 Å². The summed E-state index contributed by atoms with van der Waals surface area (Å²) in [5.74, 6) is -0.116. The number of furan rings is 1. The molecule has 1 amide bonds. The van der Waals surface area contributed by atoms with Crippen molar-refractivity contribution in [2.45, 2.75) is 24.6 Å². The number of halogens is 3. The number of anilines is 1. The van der Waals surface area contributed by atoms with Crippen molar-refractivity contribution in [3.05, 3.63) is 54.4 Å². The predicted molar refractivity (Wildman–Crippen MR) is 86.9 cm³/mol. The van der Waals surface area contributed by atoms with Gasteiger partial charge in [-0.1, -0.05) is 17.3 Å². The number of benzene rings is 1. The standard InChI is InChI=1S/C18H13F3N2O4/c19-18(20,21)26-12-5-2-1-4-11(12)22-16(24)17(7-8-17)15-10-14(27-23-15)13-6-3-9-25-13/h1-6,9-10H,7-8H2,(H,22,24). The molecule has 0 aliphatic heterocycles. The summed E-state index contributed by atoms with van der Waals surface area (Å²) in [6.45, 7) is 0. The maximum absolute atomic E-state index is 12.8. The molecule has 1 N–H and O–H groups in total. The summed E-state index contributed by atoms with van der Waals surface area (Å²) in [5, 5.41) is 6.45. The van der Waals surface area contributed by atoms with Crippen LogP contribution in [0.15, 0.2) is 57.7 Å². The van der Waals surface area contributed by atoms with E-state index < -0.39 is 23.4 Å². The van der Waals surface area contributed by atoms with Crippen LogP contribution in [0.5, 0.6) is 5.75 Å². The van der Waals surface area contributed by atoms with E-state index in [4.69, 9.17) is 8.94 Å². The average molecular weight is 378 g/mol. The van der Waals surface area contributed by atoms with E-state index >= 15 is 0 Å². The number of rotatable bonds is 5. The Balaban J connectivity index is 1.56. The summed E-state index contributed by atoms with van der Waals surface area (Å²) in [4.78, 5) is 12.8. The third-order valence-corrected chi connectivity index (χ3v) is 4.31. The first kappa shape index (κ1) is 17.2. The van der Waals surface area contributed by atoms with E-state index in [0.717, 1.165) is 6.07 Å². The van der Waals surface area contributed by atoms with Gasteiger partial charge in [0.1, 0.15) is 0 Å². The van der Waals surface area contributed by atoms with Crippen molar-refractivity contribution >= 4 is 11.6 Å². The number of carbonyl (C=O) groups is 1. The van der Waals surface area contributed by atoms with E-state index in [1.807, 2.05) is 0 Å². The molecule has 6 nitrogen and oxygen atoms in total. The van der Waals surface area contributed by atoms with Gasteiger partial charge in [0.05, 0.1) is 23.1 Å². The molecule has 0 bridgehead atoms. The molecular formula is C18H13F3N2O4. The van der Waals surface area contributed by atoms with Crippen LogP contribution in [0, 0.1) is 0 Å². The normalized spacial score (nSPS) is 15.4. The quantitative estimate of drug-likeness (QED) is 0.707. The first-order valence-corrected chi connectivity index (χ1v) is 8.05. The molecule has 0 atom stereocenters. The summed E-state index contributed by atoms with van der Waals surface area (Å²) in [6.07, 6.45) is -2.37. The molecule has 0 radical (unpaired) electrons. The molecule has 140 valence electrons. The van der Waals surface area contributed by atoms with E-state index in [0.29, 0.717) is 30.1 Å². The van der Waals surface area contributed by atoms with Crippen LogP contribution in [0.3, 0.4) is 0 Å². The zero-order valence-corrected chi connectivity index (χ0v) is 13.7. The van der Waals surface area contributed by atoms with Crippen LogP contribution in [0.1, 0.15) is 18.5 Å². The minimum absolute atomic E-state index is 0.0687. The molecule has 0 saturated heterocycles. The fourth-order valence-electron chi connectivity index (χ4n) is 2.79. The van der Waals surface area contributed by atoms with Crippen LogP contribution in [0.25, 0.3) is 11.5 Å². The molecule has 0 unspecified atom stereocenters. The van der Waals surface area contributed by atoms with Gasteiger partial charge in [0.15, 0.2) is 11.5 Å². The minimum Gasteiger partial charge on any atom is -0.461 e. The smallest absolute Gasteiger partial charge is 0.461 e. The van der Waals surface area contributed by atoms with Gasteiger partial charge in [0, 0.05) is 6.07 Å². The Kier molecular flexibility index (Phi) is 3.94. The molecule has 1 aliphatic rings. The van der Waals surface area contributed by atoms with Crippen molar-refractivity contribution in [2.75, 3.05) is 5.32 Å². The lowest BCUT2D eigenvalue weighted by molar-refractivity contribution is -0.274. The fraction of sp³-hybridized carbons (Fsp3) is 0.222. The average Bonchev–Trinajstić information content (AvgIpc) is 3.04. The fourth-order valence-corrected chi connectivity index (χ4v) is 2.79. The molecule has 1 aliphatic carbocycles. The zero-order valence-electron chi connectivity index (χ0n) is 13.7. The number of alkyl halides is 3. The highest BCUT2D eigenvalue weighted by molar-refractivity contribution is 6.02. The Labute approximate surface area is 150 Å². The maximum Gasteiger partial charge on any atom is 0.573 e. The SMILES string of the molecule is O=C(Nc1ccccc1OC(F)(F)F)C1(c2cc(-c3ccco3)on2)CC1. The van der Waals surface area contributed by atoms with Crippen LogP contribution in [0.4, 0.5) is 18.9 Å². The Morgan fingerprint density at radius 2 is 1.93 bits per heavy atom. The van der Waals surface area contributed by atoms with Crippen LogP contribution in [-0.4, -0.2) is 17.4 Å². The molecule has 0 spiro atoms. The Bertz CT molecular complexity index is 959. The molecule has 1 fully saturated rings. The van der Waals surface area contributed by atoms with Crippen molar-refractivity contribution in [3.8, 4) is 17.3 Å². The number of nitrogens with zero attached hydrogens (tertiary/aromatic N) is 1. The molecular weight excluding hydrogens is 365 g/mol. The number of para-hydroxylation sites is 2. The van der Waals surface area contributed by atoms with Crippen LogP contribution >= 0.6 is 0 Å². The number of aromatic nitrogens is 1. The lowest BCUT2D eigenvalue weighted by Gasteiger charge is -2.16. The summed E-state index contributed by atoms with van der Waals surface area (Å²) < 4.78 is 52.0. The summed E-state index contributed by atoms with van der Waals surface area (Å²) >= 11 is 0. The number of amides is 1. The predicted octanol–water partition coefficient (Wildman–Crippen LogP) is 4.50.